The molecular formula is C13H9N3O3. The van der Waals surface area contributed by atoms with E-state index in [0.29, 0.717) is 12.2 Å². The Morgan fingerprint density at radius 1 is 1.26 bits per heavy atom. The first-order chi connectivity index (χ1) is 9.19. The molecule has 0 unspecified atom stereocenters. The maximum Gasteiger partial charge on any atom is 0.287 e. The van der Waals surface area contributed by atoms with Gasteiger partial charge in [0.25, 0.3) is 5.69 Å². The molecule has 1 heterocycles. The van der Waals surface area contributed by atoms with Crippen molar-refractivity contribution in [1.29, 1.82) is 5.26 Å². The predicted octanol–water partition coefficient (Wildman–Crippen LogP) is 2.85. The molecule has 2 aromatic rings. The van der Waals surface area contributed by atoms with Gasteiger partial charge in [-0.05, 0) is 17.7 Å². The molecule has 0 N–H and O–H groups in total. The van der Waals surface area contributed by atoms with Crippen LogP contribution in [0.3, 0.4) is 0 Å². The monoisotopic (exact) mass is 255 g/mol. The largest absolute Gasteiger partial charge is 0.439 e. The minimum Gasteiger partial charge on any atom is -0.439 e. The molecule has 0 saturated heterocycles. The SMILES string of the molecule is N#CCc1ccc(Oc2ccc([N+](=O)[O-])cn2)cc1. The van der Waals surface area contributed by atoms with E-state index in [-0.39, 0.29) is 11.6 Å². The summed E-state index contributed by atoms with van der Waals surface area (Å²) in [5.41, 5.74) is 0.809. The van der Waals surface area contributed by atoms with E-state index in [1.54, 1.807) is 24.3 Å². The summed E-state index contributed by atoms with van der Waals surface area (Å²) in [6.07, 6.45) is 1.48. The molecule has 0 aliphatic rings. The zero-order valence-electron chi connectivity index (χ0n) is 9.81. The Bertz CT molecular complexity index is 615. The topological polar surface area (TPSA) is 89.0 Å². The summed E-state index contributed by atoms with van der Waals surface area (Å²) in [6, 6.07) is 11.8. The van der Waals surface area contributed by atoms with Crippen LogP contribution < -0.4 is 4.74 Å². The summed E-state index contributed by atoms with van der Waals surface area (Å²) in [5, 5.41) is 19.0. The minimum absolute atomic E-state index is 0.0864. The first-order valence-corrected chi connectivity index (χ1v) is 5.43. The lowest BCUT2D eigenvalue weighted by Gasteiger charge is -2.04. The summed E-state index contributed by atoms with van der Waals surface area (Å²) in [4.78, 5) is 13.8. The van der Waals surface area contributed by atoms with Gasteiger partial charge in [0.1, 0.15) is 11.9 Å². The van der Waals surface area contributed by atoms with Gasteiger partial charge in [0, 0.05) is 12.1 Å². The summed E-state index contributed by atoms with van der Waals surface area (Å²) in [6.45, 7) is 0. The highest BCUT2D eigenvalue weighted by atomic mass is 16.6. The molecule has 94 valence electrons. The number of rotatable bonds is 4. The van der Waals surface area contributed by atoms with Crippen LogP contribution in [0.2, 0.25) is 0 Å². The Hall–Kier alpha value is -2.94. The maximum atomic E-state index is 10.5. The van der Waals surface area contributed by atoms with Crippen molar-refractivity contribution < 1.29 is 9.66 Å². The Kier molecular flexibility index (Phi) is 3.69. The average molecular weight is 255 g/mol. The van der Waals surface area contributed by atoms with Crippen LogP contribution in [0.1, 0.15) is 5.56 Å². The molecule has 0 spiro atoms. The third-order valence-electron chi connectivity index (χ3n) is 2.36. The zero-order valence-corrected chi connectivity index (χ0v) is 9.81. The van der Waals surface area contributed by atoms with Crippen LogP contribution >= 0.6 is 0 Å². The standard InChI is InChI=1S/C13H9N3O3/c14-8-7-10-1-4-12(5-2-10)19-13-6-3-11(9-15-13)16(17)18/h1-6,9H,7H2. The lowest BCUT2D eigenvalue weighted by atomic mass is 10.2. The average Bonchev–Trinajstić information content (AvgIpc) is 2.42. The van der Waals surface area contributed by atoms with E-state index in [4.69, 9.17) is 10.00 Å². The summed E-state index contributed by atoms with van der Waals surface area (Å²) < 4.78 is 5.43. The van der Waals surface area contributed by atoms with Gasteiger partial charge in [-0.15, -0.1) is 0 Å². The summed E-state index contributed by atoms with van der Waals surface area (Å²) >= 11 is 0. The van der Waals surface area contributed by atoms with Gasteiger partial charge in [-0.1, -0.05) is 12.1 Å². The second kappa shape index (κ2) is 5.60. The van der Waals surface area contributed by atoms with Gasteiger partial charge in [-0.3, -0.25) is 10.1 Å². The highest BCUT2D eigenvalue weighted by molar-refractivity contribution is 5.34. The summed E-state index contributed by atoms with van der Waals surface area (Å²) in [5.74, 6) is 0.835. The van der Waals surface area contributed by atoms with E-state index in [9.17, 15) is 10.1 Å². The molecule has 0 bridgehead atoms. The third-order valence-corrected chi connectivity index (χ3v) is 2.36. The zero-order chi connectivity index (χ0) is 13.7. The second-order valence-corrected chi connectivity index (χ2v) is 3.69. The van der Waals surface area contributed by atoms with E-state index in [1.165, 1.54) is 12.1 Å². The number of hydrogen-bond donors (Lipinski definition) is 0. The van der Waals surface area contributed by atoms with Crippen molar-refractivity contribution in [3.8, 4) is 17.7 Å². The fourth-order valence-electron chi connectivity index (χ4n) is 1.43. The van der Waals surface area contributed by atoms with Gasteiger partial charge < -0.3 is 4.74 Å². The molecule has 0 atom stereocenters. The van der Waals surface area contributed by atoms with Gasteiger partial charge in [0.2, 0.25) is 5.88 Å². The highest BCUT2D eigenvalue weighted by Crippen LogP contribution is 2.21. The van der Waals surface area contributed by atoms with Gasteiger partial charge in [-0.2, -0.15) is 5.26 Å². The number of hydrogen-bond acceptors (Lipinski definition) is 5. The smallest absolute Gasteiger partial charge is 0.287 e. The molecule has 6 nitrogen and oxygen atoms in total. The molecule has 19 heavy (non-hydrogen) atoms. The quantitative estimate of drug-likeness (QED) is 0.619. The first-order valence-electron chi connectivity index (χ1n) is 5.43. The predicted molar refractivity (Wildman–Crippen MR) is 66.7 cm³/mol. The van der Waals surface area contributed by atoms with Crippen LogP contribution in [0.4, 0.5) is 5.69 Å². The highest BCUT2D eigenvalue weighted by Gasteiger charge is 2.06. The molecule has 0 saturated carbocycles. The van der Waals surface area contributed by atoms with Gasteiger partial charge in [0.15, 0.2) is 0 Å². The van der Waals surface area contributed by atoms with Crippen LogP contribution in [0.15, 0.2) is 42.6 Å². The molecule has 1 aromatic carbocycles. The lowest BCUT2D eigenvalue weighted by molar-refractivity contribution is -0.385. The van der Waals surface area contributed by atoms with E-state index < -0.39 is 4.92 Å². The molecule has 2 rings (SSSR count). The molecule has 1 aromatic heterocycles. The van der Waals surface area contributed by atoms with E-state index in [2.05, 4.69) is 11.1 Å². The molecule has 0 aliphatic carbocycles. The molecular weight excluding hydrogens is 246 g/mol. The van der Waals surface area contributed by atoms with Gasteiger partial charge >= 0.3 is 0 Å². The fraction of sp³-hybridized carbons (Fsp3) is 0.0769. The van der Waals surface area contributed by atoms with Crippen molar-refractivity contribution in [2.75, 3.05) is 0 Å². The fourth-order valence-corrected chi connectivity index (χ4v) is 1.43. The van der Waals surface area contributed by atoms with E-state index in [1.807, 2.05) is 0 Å². The molecule has 6 heteroatoms. The van der Waals surface area contributed by atoms with Crippen LogP contribution in [0, 0.1) is 21.4 Å². The van der Waals surface area contributed by atoms with E-state index in [0.717, 1.165) is 11.8 Å². The Morgan fingerprint density at radius 3 is 2.53 bits per heavy atom. The Labute approximate surface area is 109 Å². The van der Waals surface area contributed by atoms with E-state index >= 15 is 0 Å². The van der Waals surface area contributed by atoms with Crippen molar-refractivity contribution >= 4 is 5.69 Å². The van der Waals surface area contributed by atoms with Crippen LogP contribution in [0.5, 0.6) is 11.6 Å². The molecule has 0 amide bonds. The van der Waals surface area contributed by atoms with Crippen molar-refractivity contribution in [1.82, 2.24) is 4.98 Å². The first kappa shape index (κ1) is 12.5. The number of nitro groups is 1. The molecule has 0 radical (unpaired) electrons. The van der Waals surface area contributed by atoms with Gasteiger partial charge in [-0.25, -0.2) is 4.98 Å². The normalized spacial score (nSPS) is 9.63. The maximum absolute atomic E-state index is 10.5. The number of benzene rings is 1. The van der Waals surface area contributed by atoms with Crippen LogP contribution in [-0.2, 0) is 6.42 Å². The van der Waals surface area contributed by atoms with Crippen molar-refractivity contribution in [3.05, 3.63) is 58.3 Å². The molecule has 0 aliphatic heterocycles. The number of ether oxygens (including phenoxy) is 1. The minimum atomic E-state index is -0.520. The van der Waals surface area contributed by atoms with Crippen molar-refractivity contribution in [2.45, 2.75) is 6.42 Å². The summed E-state index contributed by atoms with van der Waals surface area (Å²) in [7, 11) is 0. The Balaban J connectivity index is 2.08. The van der Waals surface area contributed by atoms with Crippen LogP contribution in [-0.4, -0.2) is 9.91 Å². The van der Waals surface area contributed by atoms with Gasteiger partial charge in [0.05, 0.1) is 17.4 Å². The van der Waals surface area contributed by atoms with Crippen LogP contribution in [0.25, 0.3) is 0 Å². The van der Waals surface area contributed by atoms with Crippen molar-refractivity contribution in [2.24, 2.45) is 0 Å². The molecule has 0 fully saturated rings. The second-order valence-electron chi connectivity index (χ2n) is 3.69. The number of nitriles is 1. The number of aromatic nitrogens is 1. The number of pyridine rings is 1. The third kappa shape index (κ3) is 3.26. The number of nitrogens with zero attached hydrogens (tertiary/aromatic N) is 3. The van der Waals surface area contributed by atoms with Crippen molar-refractivity contribution in [3.63, 3.8) is 0 Å². The lowest BCUT2D eigenvalue weighted by Crippen LogP contribution is -1.91. The Morgan fingerprint density at radius 2 is 2.00 bits per heavy atom.